The highest BCUT2D eigenvalue weighted by atomic mass is 19.1. The molecular weight excluding hydrogens is 299 g/mol. The average molecular weight is 316 g/mol. The molecule has 23 heavy (non-hydrogen) atoms. The molecule has 1 aliphatic rings. The minimum atomic E-state index is -0.641. The van der Waals surface area contributed by atoms with Gasteiger partial charge in [0.15, 0.2) is 11.5 Å². The molecular formula is C17H17FN2O3. The van der Waals surface area contributed by atoms with Gasteiger partial charge >= 0.3 is 0 Å². The molecule has 0 aliphatic carbocycles. The topological polar surface area (TPSA) is 64.8 Å². The number of benzene rings is 2. The molecule has 1 aliphatic heterocycles. The molecule has 2 N–H and O–H groups in total. The molecule has 2 aromatic rings. The predicted octanol–water partition coefficient (Wildman–Crippen LogP) is 2.26. The van der Waals surface area contributed by atoms with E-state index in [4.69, 9.17) is 15.2 Å². The molecule has 1 saturated heterocycles. The summed E-state index contributed by atoms with van der Waals surface area (Å²) in [6, 6.07) is 10.2. The highest BCUT2D eigenvalue weighted by Gasteiger charge is 2.46. The number of halogens is 1. The second-order valence-electron chi connectivity index (χ2n) is 5.27. The lowest BCUT2D eigenvalue weighted by Crippen LogP contribution is -2.63. The molecule has 0 spiro atoms. The number of nitrogens with two attached hydrogens (primary N) is 1. The van der Waals surface area contributed by atoms with E-state index in [1.807, 2.05) is 6.07 Å². The first-order chi connectivity index (χ1) is 11.1. The third-order valence-electron chi connectivity index (χ3n) is 3.99. The first-order valence-corrected chi connectivity index (χ1v) is 7.13. The lowest BCUT2D eigenvalue weighted by Gasteiger charge is -2.45. The van der Waals surface area contributed by atoms with E-state index in [-0.39, 0.29) is 17.8 Å². The maximum absolute atomic E-state index is 13.1. The second-order valence-corrected chi connectivity index (χ2v) is 5.27. The minimum Gasteiger partial charge on any atom is -0.493 e. The summed E-state index contributed by atoms with van der Waals surface area (Å²) < 4.78 is 23.6. The largest absolute Gasteiger partial charge is 0.493 e. The van der Waals surface area contributed by atoms with Gasteiger partial charge in [-0.15, -0.1) is 0 Å². The Morgan fingerprint density at radius 3 is 2.30 bits per heavy atom. The molecule has 3 rings (SSSR count). The van der Waals surface area contributed by atoms with Gasteiger partial charge in [0, 0.05) is 5.69 Å². The van der Waals surface area contributed by atoms with Crippen LogP contribution >= 0.6 is 0 Å². The molecule has 0 unspecified atom stereocenters. The van der Waals surface area contributed by atoms with Crippen molar-refractivity contribution in [2.24, 2.45) is 5.73 Å². The van der Waals surface area contributed by atoms with Crippen LogP contribution in [0.25, 0.3) is 0 Å². The highest BCUT2D eigenvalue weighted by Crippen LogP contribution is 2.40. The van der Waals surface area contributed by atoms with Crippen molar-refractivity contribution in [1.29, 1.82) is 0 Å². The second kappa shape index (κ2) is 5.89. The average Bonchev–Trinajstić information content (AvgIpc) is 2.59. The van der Waals surface area contributed by atoms with Crippen LogP contribution in [0.3, 0.4) is 0 Å². The maximum atomic E-state index is 13.1. The van der Waals surface area contributed by atoms with Crippen molar-refractivity contribution in [3.8, 4) is 11.5 Å². The lowest BCUT2D eigenvalue weighted by atomic mass is 9.88. The number of hydrogen-bond donors (Lipinski definition) is 1. The molecule has 0 radical (unpaired) electrons. The molecule has 0 saturated carbocycles. The molecule has 2 atom stereocenters. The smallest absolute Gasteiger partial charge is 0.247 e. The number of ether oxygens (including phenoxy) is 2. The van der Waals surface area contributed by atoms with E-state index < -0.39 is 6.04 Å². The zero-order valence-electron chi connectivity index (χ0n) is 12.8. The molecule has 0 bridgehead atoms. The number of amides is 1. The van der Waals surface area contributed by atoms with Crippen LogP contribution in [0.15, 0.2) is 42.5 Å². The fourth-order valence-corrected chi connectivity index (χ4v) is 2.79. The Kier molecular flexibility index (Phi) is 3.92. The molecule has 1 heterocycles. The van der Waals surface area contributed by atoms with E-state index in [1.54, 1.807) is 43.4 Å². The number of methoxy groups -OCH3 is 2. The summed E-state index contributed by atoms with van der Waals surface area (Å²) in [5, 5.41) is 0. The Morgan fingerprint density at radius 1 is 1.04 bits per heavy atom. The third-order valence-corrected chi connectivity index (χ3v) is 3.99. The van der Waals surface area contributed by atoms with Crippen molar-refractivity contribution in [2.75, 3.05) is 19.1 Å². The standard InChI is InChI=1S/C17H17FN2O3/c1-22-13-8-3-10(9-14(13)23-2)16-15(19)17(21)20(16)12-6-4-11(18)5-7-12/h3-9,15-16H,19H2,1-2H3/t15-,16+/m0/s1. The van der Waals surface area contributed by atoms with Gasteiger partial charge in [-0.2, -0.15) is 0 Å². The summed E-state index contributed by atoms with van der Waals surface area (Å²) in [7, 11) is 3.10. The highest BCUT2D eigenvalue weighted by molar-refractivity contribution is 6.05. The molecule has 5 nitrogen and oxygen atoms in total. The number of rotatable bonds is 4. The Morgan fingerprint density at radius 2 is 1.70 bits per heavy atom. The van der Waals surface area contributed by atoms with Crippen molar-refractivity contribution >= 4 is 11.6 Å². The summed E-state index contributed by atoms with van der Waals surface area (Å²) in [5.74, 6) is 0.615. The van der Waals surface area contributed by atoms with E-state index in [0.29, 0.717) is 17.2 Å². The molecule has 2 aromatic carbocycles. The quantitative estimate of drug-likeness (QED) is 0.879. The van der Waals surface area contributed by atoms with Crippen LogP contribution in [-0.2, 0) is 4.79 Å². The van der Waals surface area contributed by atoms with Crippen LogP contribution in [0.5, 0.6) is 11.5 Å². The third kappa shape index (κ3) is 2.51. The van der Waals surface area contributed by atoms with E-state index in [0.717, 1.165) is 5.56 Å². The fraction of sp³-hybridized carbons (Fsp3) is 0.235. The van der Waals surface area contributed by atoms with E-state index in [9.17, 15) is 9.18 Å². The van der Waals surface area contributed by atoms with Gasteiger partial charge in [0.1, 0.15) is 11.9 Å². The summed E-state index contributed by atoms with van der Waals surface area (Å²) in [5.41, 5.74) is 7.42. The molecule has 0 aromatic heterocycles. The first-order valence-electron chi connectivity index (χ1n) is 7.13. The molecule has 6 heteroatoms. The number of β-lactam (4-membered cyclic amide) rings is 1. The normalized spacial score (nSPS) is 20.2. The van der Waals surface area contributed by atoms with Gasteiger partial charge in [-0.3, -0.25) is 4.79 Å². The van der Waals surface area contributed by atoms with Gasteiger partial charge in [-0.25, -0.2) is 4.39 Å². The van der Waals surface area contributed by atoms with Crippen LogP contribution in [0, 0.1) is 5.82 Å². The van der Waals surface area contributed by atoms with Crippen molar-refractivity contribution in [3.05, 3.63) is 53.8 Å². The monoisotopic (exact) mass is 316 g/mol. The number of carbonyl (C=O) groups excluding carboxylic acids is 1. The van der Waals surface area contributed by atoms with Gasteiger partial charge in [0.05, 0.1) is 20.3 Å². The van der Waals surface area contributed by atoms with Crippen molar-refractivity contribution < 1.29 is 18.7 Å². The van der Waals surface area contributed by atoms with Gasteiger partial charge in [0.2, 0.25) is 5.91 Å². The predicted molar refractivity (Wildman–Crippen MR) is 84.1 cm³/mol. The van der Waals surface area contributed by atoms with Crippen LogP contribution in [-0.4, -0.2) is 26.2 Å². The molecule has 1 fully saturated rings. The van der Waals surface area contributed by atoms with Crippen molar-refractivity contribution in [1.82, 2.24) is 0 Å². The van der Waals surface area contributed by atoms with Crippen LogP contribution < -0.4 is 20.1 Å². The Balaban J connectivity index is 1.97. The van der Waals surface area contributed by atoms with Crippen molar-refractivity contribution in [3.63, 3.8) is 0 Å². The number of anilines is 1. The summed E-state index contributed by atoms with van der Waals surface area (Å²) in [6.07, 6.45) is 0. The number of carbonyl (C=O) groups is 1. The van der Waals surface area contributed by atoms with Gasteiger partial charge in [-0.05, 0) is 42.0 Å². The van der Waals surface area contributed by atoms with Crippen LogP contribution in [0.2, 0.25) is 0 Å². The Bertz CT molecular complexity index is 733. The van der Waals surface area contributed by atoms with Crippen LogP contribution in [0.1, 0.15) is 11.6 Å². The van der Waals surface area contributed by atoms with E-state index in [2.05, 4.69) is 0 Å². The SMILES string of the molecule is COc1ccc([C@@H]2[C@H](N)C(=O)N2c2ccc(F)cc2)cc1OC. The van der Waals surface area contributed by atoms with E-state index in [1.165, 1.54) is 12.1 Å². The zero-order chi connectivity index (χ0) is 16.6. The molecule has 120 valence electrons. The van der Waals surface area contributed by atoms with E-state index >= 15 is 0 Å². The minimum absolute atomic E-state index is 0.198. The summed E-state index contributed by atoms with van der Waals surface area (Å²) in [6.45, 7) is 0. The van der Waals surface area contributed by atoms with Crippen LogP contribution in [0.4, 0.5) is 10.1 Å². The number of nitrogens with zero attached hydrogens (tertiary/aromatic N) is 1. The molecule has 1 amide bonds. The van der Waals surface area contributed by atoms with Gasteiger partial charge in [-0.1, -0.05) is 6.07 Å². The first kappa shape index (κ1) is 15.3. The Labute approximate surface area is 133 Å². The van der Waals surface area contributed by atoms with Gasteiger partial charge < -0.3 is 20.1 Å². The zero-order valence-corrected chi connectivity index (χ0v) is 12.8. The fourth-order valence-electron chi connectivity index (χ4n) is 2.79. The summed E-state index contributed by atoms with van der Waals surface area (Å²) in [4.78, 5) is 13.7. The number of hydrogen-bond acceptors (Lipinski definition) is 4. The van der Waals surface area contributed by atoms with Crippen molar-refractivity contribution in [2.45, 2.75) is 12.1 Å². The van der Waals surface area contributed by atoms with Gasteiger partial charge in [0.25, 0.3) is 0 Å². The summed E-state index contributed by atoms with van der Waals surface area (Å²) >= 11 is 0. The lowest BCUT2D eigenvalue weighted by molar-refractivity contribution is -0.126. The Hall–Kier alpha value is -2.60. The maximum Gasteiger partial charge on any atom is 0.247 e.